The summed E-state index contributed by atoms with van der Waals surface area (Å²) in [5.74, 6) is -0.209. The van der Waals surface area contributed by atoms with Gasteiger partial charge in [-0.25, -0.2) is 0 Å². The molecule has 4 nitrogen and oxygen atoms in total. The summed E-state index contributed by atoms with van der Waals surface area (Å²) in [4.78, 5) is 11.7. The zero-order valence-corrected chi connectivity index (χ0v) is 10.8. The molecule has 100 valence electrons. The highest BCUT2D eigenvalue weighted by molar-refractivity contribution is 5.76. The second-order valence-corrected chi connectivity index (χ2v) is 4.64. The van der Waals surface area contributed by atoms with Gasteiger partial charge < -0.3 is 15.5 Å². The summed E-state index contributed by atoms with van der Waals surface area (Å²) < 4.78 is 0. The monoisotopic (exact) mass is 251 g/mol. The van der Waals surface area contributed by atoms with Crippen LogP contribution in [0.4, 0.5) is 0 Å². The summed E-state index contributed by atoms with van der Waals surface area (Å²) in [5, 5.41) is 21.5. The van der Waals surface area contributed by atoms with Gasteiger partial charge in [-0.3, -0.25) is 4.79 Å². The Labute approximate surface area is 108 Å². The highest BCUT2D eigenvalue weighted by Gasteiger charge is 2.15. The average molecular weight is 251 g/mol. The molecule has 1 amide bonds. The molecule has 0 spiro atoms. The summed E-state index contributed by atoms with van der Waals surface area (Å²) in [6, 6.07) is 9.55. The molecule has 0 aliphatic rings. The van der Waals surface area contributed by atoms with Crippen molar-refractivity contribution in [3.05, 3.63) is 35.9 Å². The first kappa shape index (κ1) is 14.7. The topological polar surface area (TPSA) is 69.6 Å². The van der Waals surface area contributed by atoms with Gasteiger partial charge in [-0.2, -0.15) is 0 Å². The number of aliphatic hydroxyl groups excluding tert-OH is 2. The Morgan fingerprint density at radius 2 is 1.83 bits per heavy atom. The minimum atomic E-state index is -0.798. The largest absolute Gasteiger partial charge is 0.393 e. The normalized spacial score (nSPS) is 15.8. The van der Waals surface area contributed by atoms with Crippen LogP contribution < -0.4 is 5.32 Å². The molecule has 0 fully saturated rings. The van der Waals surface area contributed by atoms with Crippen molar-refractivity contribution in [1.29, 1.82) is 0 Å². The fourth-order valence-electron chi connectivity index (χ4n) is 1.82. The first-order chi connectivity index (χ1) is 8.49. The Bertz CT molecular complexity index is 365. The van der Waals surface area contributed by atoms with Crippen molar-refractivity contribution in [2.24, 2.45) is 0 Å². The Hall–Kier alpha value is -1.39. The number of carbonyl (C=O) groups excluding carboxylic acids is 1. The smallest absolute Gasteiger partial charge is 0.223 e. The van der Waals surface area contributed by atoms with Crippen molar-refractivity contribution in [1.82, 2.24) is 5.32 Å². The molecule has 4 heteroatoms. The van der Waals surface area contributed by atoms with E-state index in [-0.39, 0.29) is 24.8 Å². The molecule has 0 bridgehead atoms. The van der Waals surface area contributed by atoms with Crippen LogP contribution in [0.15, 0.2) is 30.3 Å². The molecule has 0 aromatic heterocycles. The van der Waals surface area contributed by atoms with Crippen molar-refractivity contribution < 1.29 is 15.0 Å². The van der Waals surface area contributed by atoms with Gasteiger partial charge in [-0.1, -0.05) is 30.3 Å². The highest BCUT2D eigenvalue weighted by atomic mass is 16.3. The molecule has 0 radical (unpaired) electrons. The van der Waals surface area contributed by atoms with E-state index in [1.54, 1.807) is 6.92 Å². The number of benzene rings is 1. The number of nitrogens with one attached hydrogen (secondary N) is 1. The standard InChI is InChI=1S/C14H21NO3/c1-10(16)8-13(17)9-14(18)15-11(2)12-6-4-3-5-7-12/h3-7,10-11,13,16-17H,8-9H2,1-2H3,(H,15,18)/t10-,11-,13+/m0/s1. The first-order valence-electron chi connectivity index (χ1n) is 6.19. The van der Waals surface area contributed by atoms with Crippen molar-refractivity contribution in [2.45, 2.75) is 44.9 Å². The molecule has 1 aromatic carbocycles. The lowest BCUT2D eigenvalue weighted by atomic mass is 10.1. The lowest BCUT2D eigenvalue weighted by molar-refractivity contribution is -0.123. The zero-order chi connectivity index (χ0) is 13.5. The van der Waals surface area contributed by atoms with Crippen LogP contribution in [0.2, 0.25) is 0 Å². The van der Waals surface area contributed by atoms with Crippen LogP contribution in [0.5, 0.6) is 0 Å². The van der Waals surface area contributed by atoms with Crippen LogP contribution in [0, 0.1) is 0 Å². The third-order valence-corrected chi connectivity index (χ3v) is 2.71. The van der Waals surface area contributed by atoms with Crippen LogP contribution in [0.3, 0.4) is 0 Å². The maximum atomic E-state index is 11.7. The van der Waals surface area contributed by atoms with Crippen LogP contribution in [0.25, 0.3) is 0 Å². The SMILES string of the molecule is C[C@H](O)C[C@@H](O)CC(=O)N[C@@H](C)c1ccccc1. The lowest BCUT2D eigenvalue weighted by Gasteiger charge is -2.16. The van der Waals surface area contributed by atoms with E-state index in [0.29, 0.717) is 0 Å². The van der Waals surface area contributed by atoms with Gasteiger partial charge in [0.2, 0.25) is 5.91 Å². The van der Waals surface area contributed by atoms with Gasteiger partial charge >= 0.3 is 0 Å². The molecular formula is C14H21NO3. The van der Waals surface area contributed by atoms with Crippen LogP contribution in [-0.2, 0) is 4.79 Å². The van der Waals surface area contributed by atoms with Crippen molar-refractivity contribution in [3.63, 3.8) is 0 Å². The first-order valence-corrected chi connectivity index (χ1v) is 6.19. The summed E-state index contributed by atoms with van der Waals surface area (Å²) in [7, 11) is 0. The fraction of sp³-hybridized carbons (Fsp3) is 0.500. The van der Waals surface area contributed by atoms with E-state index in [1.807, 2.05) is 37.3 Å². The zero-order valence-electron chi connectivity index (χ0n) is 10.8. The van der Waals surface area contributed by atoms with E-state index < -0.39 is 12.2 Å². The fourth-order valence-corrected chi connectivity index (χ4v) is 1.82. The third kappa shape index (κ3) is 5.29. The highest BCUT2D eigenvalue weighted by Crippen LogP contribution is 2.12. The molecule has 0 saturated carbocycles. The molecule has 3 N–H and O–H groups in total. The molecule has 0 saturated heterocycles. The maximum absolute atomic E-state index is 11.7. The van der Waals surface area contributed by atoms with Gasteiger partial charge in [-0.05, 0) is 25.8 Å². The molecule has 1 rings (SSSR count). The van der Waals surface area contributed by atoms with Crippen LogP contribution in [0.1, 0.15) is 38.3 Å². The van der Waals surface area contributed by atoms with Gasteiger partial charge in [-0.15, -0.1) is 0 Å². The summed E-state index contributed by atoms with van der Waals surface area (Å²) in [6.45, 7) is 3.49. The molecule has 0 aliphatic carbocycles. The third-order valence-electron chi connectivity index (χ3n) is 2.71. The number of aliphatic hydroxyl groups is 2. The second-order valence-electron chi connectivity index (χ2n) is 4.64. The summed E-state index contributed by atoms with van der Waals surface area (Å²) in [6.07, 6.45) is -1.16. The van der Waals surface area contributed by atoms with E-state index in [9.17, 15) is 9.90 Å². The van der Waals surface area contributed by atoms with Gasteiger partial charge in [0.05, 0.1) is 24.7 Å². The number of carbonyl (C=O) groups is 1. The minimum absolute atomic E-state index is 0.0159. The number of hydrogen-bond acceptors (Lipinski definition) is 3. The van der Waals surface area contributed by atoms with E-state index in [1.165, 1.54) is 0 Å². The second kappa shape index (κ2) is 7.13. The average Bonchev–Trinajstić information content (AvgIpc) is 2.28. The molecule has 0 aliphatic heterocycles. The van der Waals surface area contributed by atoms with E-state index in [4.69, 9.17) is 5.11 Å². The molecule has 3 atom stereocenters. The predicted molar refractivity (Wildman–Crippen MR) is 69.9 cm³/mol. The summed E-state index contributed by atoms with van der Waals surface area (Å²) in [5.41, 5.74) is 1.02. The van der Waals surface area contributed by atoms with Gasteiger partial charge in [0.25, 0.3) is 0 Å². The Balaban J connectivity index is 2.41. The van der Waals surface area contributed by atoms with Crippen LogP contribution >= 0.6 is 0 Å². The Morgan fingerprint density at radius 3 is 2.39 bits per heavy atom. The molecule has 0 heterocycles. The van der Waals surface area contributed by atoms with Gasteiger partial charge in [0, 0.05) is 0 Å². The quantitative estimate of drug-likeness (QED) is 0.715. The lowest BCUT2D eigenvalue weighted by Crippen LogP contribution is -2.30. The summed E-state index contributed by atoms with van der Waals surface area (Å²) >= 11 is 0. The molecular weight excluding hydrogens is 230 g/mol. The maximum Gasteiger partial charge on any atom is 0.223 e. The van der Waals surface area contributed by atoms with Gasteiger partial charge in [0.1, 0.15) is 0 Å². The van der Waals surface area contributed by atoms with Gasteiger partial charge in [0.15, 0.2) is 0 Å². The van der Waals surface area contributed by atoms with Crippen molar-refractivity contribution in [3.8, 4) is 0 Å². The number of amides is 1. The number of rotatable bonds is 6. The number of hydrogen-bond donors (Lipinski definition) is 3. The Kier molecular flexibility index (Phi) is 5.82. The molecule has 1 aromatic rings. The Morgan fingerprint density at radius 1 is 1.22 bits per heavy atom. The molecule has 0 unspecified atom stereocenters. The van der Waals surface area contributed by atoms with E-state index in [2.05, 4.69) is 5.32 Å². The predicted octanol–water partition coefficient (Wildman–Crippen LogP) is 1.39. The van der Waals surface area contributed by atoms with Crippen molar-refractivity contribution in [2.75, 3.05) is 0 Å². The van der Waals surface area contributed by atoms with E-state index in [0.717, 1.165) is 5.56 Å². The van der Waals surface area contributed by atoms with Crippen LogP contribution in [-0.4, -0.2) is 28.3 Å². The van der Waals surface area contributed by atoms with Crippen molar-refractivity contribution >= 4 is 5.91 Å². The minimum Gasteiger partial charge on any atom is -0.393 e. The van der Waals surface area contributed by atoms with E-state index >= 15 is 0 Å². The molecule has 18 heavy (non-hydrogen) atoms.